The molecule has 1 saturated heterocycles. The van der Waals surface area contributed by atoms with Gasteiger partial charge < -0.3 is 40.3 Å². The van der Waals surface area contributed by atoms with Gasteiger partial charge in [0.05, 0.1) is 36.7 Å². The van der Waals surface area contributed by atoms with Gasteiger partial charge >= 0.3 is 0 Å². The lowest BCUT2D eigenvalue weighted by Gasteiger charge is -2.40. The van der Waals surface area contributed by atoms with E-state index < -0.39 is 96.2 Å². The van der Waals surface area contributed by atoms with Crippen LogP contribution in [0.25, 0.3) is 0 Å². The summed E-state index contributed by atoms with van der Waals surface area (Å²) in [5.41, 5.74) is 0.960. The maximum Gasteiger partial charge on any atom is 0.297 e. The van der Waals surface area contributed by atoms with E-state index in [0.29, 0.717) is 6.42 Å². The molecule has 3 rings (SSSR count). The summed E-state index contributed by atoms with van der Waals surface area (Å²) in [5, 5.41) is 56.3. The van der Waals surface area contributed by atoms with Gasteiger partial charge in [-0.15, -0.1) is 0 Å². The fourth-order valence-corrected chi connectivity index (χ4v) is 7.19. The highest BCUT2D eigenvalue weighted by Gasteiger charge is 2.45. The number of aryl methyl sites for hydroxylation is 1. The summed E-state index contributed by atoms with van der Waals surface area (Å²) >= 11 is 0. The van der Waals surface area contributed by atoms with E-state index in [9.17, 15) is 47.5 Å². The van der Waals surface area contributed by atoms with E-state index in [1.54, 1.807) is 19.1 Å². The first-order valence-corrected chi connectivity index (χ1v) is 20.5. The third kappa shape index (κ3) is 15.1. The number of halogens is 2. The standard InChI is InChI=1S/C39H59F2NO11S/c1-3-4-5-6-7-8-9-10-11-12-13-14-15-32(43)35(45)31(42-34(44)23-27-18-21-29(40)30(41)22-27)24-51-39-38(48)37(47)36(46)33(53-39)25-52-54(49,50)28-19-16-26(2)17-20-28/h16-22,31-33,35-39,43,45-48H,3-15,23-25H2,1-2H3,(H,42,44)/t31-,32+,33?,35-,36-,37-,38?,39-/m0/s1. The molecule has 0 saturated carbocycles. The van der Waals surface area contributed by atoms with Gasteiger partial charge in [-0.3, -0.25) is 8.98 Å². The van der Waals surface area contributed by atoms with Crippen molar-refractivity contribution in [3.63, 3.8) is 0 Å². The highest BCUT2D eigenvalue weighted by Crippen LogP contribution is 2.25. The predicted molar refractivity (Wildman–Crippen MR) is 197 cm³/mol. The van der Waals surface area contributed by atoms with Gasteiger partial charge in [-0.05, 0) is 43.2 Å². The highest BCUT2D eigenvalue weighted by atomic mass is 32.2. The van der Waals surface area contributed by atoms with Crippen LogP contribution in [0.4, 0.5) is 8.78 Å². The first-order chi connectivity index (χ1) is 25.7. The summed E-state index contributed by atoms with van der Waals surface area (Å²) in [5.74, 6) is -2.96. The van der Waals surface area contributed by atoms with E-state index >= 15 is 0 Å². The fourth-order valence-electron chi connectivity index (χ4n) is 6.27. The summed E-state index contributed by atoms with van der Waals surface area (Å²) < 4.78 is 69.0. The number of hydrogen-bond donors (Lipinski definition) is 6. The quantitative estimate of drug-likeness (QED) is 0.0620. The first-order valence-electron chi connectivity index (χ1n) is 19.1. The largest absolute Gasteiger partial charge is 0.390 e. The van der Waals surface area contributed by atoms with E-state index in [1.165, 1.54) is 63.1 Å². The molecule has 1 heterocycles. The lowest BCUT2D eigenvalue weighted by Crippen LogP contribution is -2.60. The summed E-state index contributed by atoms with van der Waals surface area (Å²) in [6.07, 6.45) is 1.63. The average molecular weight is 788 g/mol. The number of carbonyl (C=O) groups is 1. The monoisotopic (exact) mass is 787 g/mol. The fraction of sp³-hybridized carbons (Fsp3) is 0.667. The predicted octanol–water partition coefficient (Wildman–Crippen LogP) is 4.34. The van der Waals surface area contributed by atoms with Gasteiger partial charge in [-0.1, -0.05) is 108 Å². The van der Waals surface area contributed by atoms with Gasteiger partial charge in [-0.25, -0.2) is 8.78 Å². The molecule has 2 unspecified atom stereocenters. The van der Waals surface area contributed by atoms with Crippen molar-refractivity contribution in [1.29, 1.82) is 0 Å². The second-order valence-corrected chi connectivity index (χ2v) is 15.9. The van der Waals surface area contributed by atoms with E-state index in [-0.39, 0.29) is 16.9 Å². The minimum absolute atomic E-state index is 0.143. The Kier molecular flexibility index (Phi) is 19.9. The normalized spacial score (nSPS) is 22.1. The number of amides is 1. The van der Waals surface area contributed by atoms with E-state index in [0.717, 1.165) is 43.4 Å². The molecule has 0 spiro atoms. The minimum atomic E-state index is -4.29. The van der Waals surface area contributed by atoms with Gasteiger partial charge in [0.1, 0.15) is 30.5 Å². The van der Waals surface area contributed by atoms with Crippen molar-refractivity contribution in [3.8, 4) is 0 Å². The Labute approximate surface area is 318 Å². The Morgan fingerprint density at radius 2 is 1.43 bits per heavy atom. The lowest BCUT2D eigenvalue weighted by atomic mass is 9.98. The van der Waals surface area contributed by atoms with Crippen LogP contribution < -0.4 is 5.32 Å². The van der Waals surface area contributed by atoms with Gasteiger partial charge in [0.15, 0.2) is 17.9 Å². The van der Waals surface area contributed by atoms with Crippen molar-refractivity contribution < 1.29 is 61.2 Å². The molecule has 1 aliphatic heterocycles. The topological polar surface area (TPSA) is 192 Å². The van der Waals surface area contributed by atoms with E-state index in [4.69, 9.17) is 13.7 Å². The summed E-state index contributed by atoms with van der Waals surface area (Å²) in [4.78, 5) is 12.8. The smallest absolute Gasteiger partial charge is 0.297 e. The van der Waals surface area contributed by atoms with Crippen molar-refractivity contribution in [3.05, 3.63) is 65.2 Å². The molecule has 6 N–H and O–H groups in total. The molecule has 306 valence electrons. The average Bonchev–Trinajstić information content (AvgIpc) is 3.14. The molecule has 0 bridgehead atoms. The second-order valence-electron chi connectivity index (χ2n) is 14.2. The van der Waals surface area contributed by atoms with Crippen LogP contribution in [0.2, 0.25) is 0 Å². The molecule has 8 atom stereocenters. The molecule has 2 aromatic rings. The number of unbranched alkanes of at least 4 members (excludes halogenated alkanes) is 11. The Morgan fingerprint density at radius 1 is 0.833 bits per heavy atom. The Balaban J connectivity index is 1.58. The molecule has 15 heteroatoms. The summed E-state index contributed by atoms with van der Waals surface area (Å²) in [6.45, 7) is 2.64. The number of hydrogen-bond acceptors (Lipinski definition) is 11. The Bertz CT molecular complexity index is 1500. The Morgan fingerprint density at radius 3 is 2.02 bits per heavy atom. The first kappa shape index (κ1) is 45.8. The zero-order chi connectivity index (χ0) is 39.7. The number of rotatable bonds is 25. The van der Waals surface area contributed by atoms with Gasteiger partial charge in [-0.2, -0.15) is 8.42 Å². The van der Waals surface area contributed by atoms with E-state index in [1.807, 2.05) is 0 Å². The Hall–Kier alpha value is -2.60. The molecule has 1 aliphatic rings. The number of ether oxygens (including phenoxy) is 2. The third-order valence-corrected chi connectivity index (χ3v) is 11.0. The van der Waals surface area contributed by atoms with Crippen LogP contribution in [0.5, 0.6) is 0 Å². The maximum absolute atomic E-state index is 13.8. The molecule has 0 aromatic heterocycles. The number of aliphatic hydroxyl groups is 5. The van der Waals surface area contributed by atoms with Crippen LogP contribution in [0.1, 0.15) is 102 Å². The molecule has 2 aromatic carbocycles. The molecular formula is C39H59F2NO11S. The van der Waals surface area contributed by atoms with Crippen LogP contribution in [-0.2, 0) is 35.0 Å². The molecule has 0 radical (unpaired) electrons. The van der Waals surface area contributed by atoms with Gasteiger partial charge in [0.25, 0.3) is 10.1 Å². The lowest BCUT2D eigenvalue weighted by molar-refractivity contribution is -0.302. The highest BCUT2D eigenvalue weighted by molar-refractivity contribution is 7.86. The second kappa shape index (κ2) is 23.5. The molecule has 1 fully saturated rings. The SMILES string of the molecule is CCCCCCCCCCCCCC[C@@H](O)[C@@H](O)[C@H](CO[C@H]1OC(COS(=O)(=O)c2ccc(C)cc2)[C@H](O)[C@H](O)C1O)NC(=O)Cc1ccc(F)c(F)c1. The molecule has 54 heavy (non-hydrogen) atoms. The van der Waals surface area contributed by atoms with Gasteiger partial charge in [0.2, 0.25) is 5.91 Å². The van der Waals surface area contributed by atoms with Crippen molar-refractivity contribution in [2.75, 3.05) is 13.2 Å². The molecular weight excluding hydrogens is 728 g/mol. The minimum Gasteiger partial charge on any atom is -0.390 e. The molecule has 12 nitrogen and oxygen atoms in total. The van der Waals surface area contributed by atoms with Crippen molar-refractivity contribution >= 4 is 16.0 Å². The number of nitrogens with one attached hydrogen (secondary N) is 1. The van der Waals surface area contributed by atoms with E-state index in [2.05, 4.69) is 12.2 Å². The van der Waals surface area contributed by atoms with Crippen molar-refractivity contribution in [1.82, 2.24) is 5.32 Å². The summed E-state index contributed by atoms with van der Waals surface area (Å²) in [6, 6.07) is 7.47. The maximum atomic E-state index is 13.8. The van der Waals surface area contributed by atoms with Crippen LogP contribution in [0.15, 0.2) is 47.4 Å². The zero-order valence-corrected chi connectivity index (χ0v) is 32.1. The van der Waals surface area contributed by atoms with Crippen molar-refractivity contribution in [2.45, 2.75) is 158 Å². The zero-order valence-electron chi connectivity index (χ0n) is 31.3. The van der Waals surface area contributed by atoms with Gasteiger partial charge in [0, 0.05) is 0 Å². The van der Waals surface area contributed by atoms with Crippen LogP contribution in [-0.4, -0.2) is 102 Å². The third-order valence-electron chi connectivity index (χ3n) is 9.66. The number of benzene rings is 2. The van der Waals surface area contributed by atoms with Crippen LogP contribution in [0.3, 0.4) is 0 Å². The summed E-state index contributed by atoms with van der Waals surface area (Å²) in [7, 11) is -4.29. The van der Waals surface area contributed by atoms with Crippen molar-refractivity contribution in [2.24, 2.45) is 0 Å². The molecule has 1 amide bonds. The molecule has 0 aliphatic carbocycles. The number of aliphatic hydroxyl groups excluding tert-OH is 5. The van der Waals surface area contributed by atoms with Crippen LogP contribution >= 0.6 is 0 Å². The number of carbonyl (C=O) groups excluding carboxylic acids is 1. The van der Waals surface area contributed by atoms with Crippen LogP contribution in [0, 0.1) is 18.6 Å².